The van der Waals surface area contributed by atoms with Crippen molar-refractivity contribution >= 4 is 23.0 Å². The number of benzene rings is 1. The highest BCUT2D eigenvalue weighted by molar-refractivity contribution is 5.77. The van der Waals surface area contributed by atoms with Gasteiger partial charge >= 0.3 is 5.97 Å². The Balaban J connectivity index is 1.51. The van der Waals surface area contributed by atoms with Crippen LogP contribution in [0.5, 0.6) is 0 Å². The highest BCUT2D eigenvalue weighted by Crippen LogP contribution is 2.22. The molecule has 0 radical (unpaired) electrons. The van der Waals surface area contributed by atoms with Gasteiger partial charge in [0.05, 0.1) is 0 Å². The van der Waals surface area contributed by atoms with E-state index >= 15 is 0 Å². The van der Waals surface area contributed by atoms with E-state index in [1.165, 1.54) is 0 Å². The van der Waals surface area contributed by atoms with Gasteiger partial charge < -0.3 is 14.4 Å². The lowest BCUT2D eigenvalue weighted by atomic mass is 9.93. The van der Waals surface area contributed by atoms with Crippen LogP contribution in [0, 0.1) is 5.92 Å². The van der Waals surface area contributed by atoms with Crippen LogP contribution in [0.15, 0.2) is 28.7 Å². The zero-order valence-corrected chi connectivity index (χ0v) is 13.6. The molecule has 1 amide bonds. The number of oxazole rings is 1. The summed E-state index contributed by atoms with van der Waals surface area (Å²) in [4.78, 5) is 29.4. The van der Waals surface area contributed by atoms with Crippen LogP contribution in [0.4, 0.5) is 0 Å². The Labute approximate surface area is 140 Å². The number of hydrogen-bond acceptors (Lipinski definition) is 4. The number of amides is 1. The van der Waals surface area contributed by atoms with Gasteiger partial charge in [0.15, 0.2) is 11.5 Å². The second kappa shape index (κ2) is 7.47. The van der Waals surface area contributed by atoms with Crippen LogP contribution in [0.25, 0.3) is 11.1 Å². The van der Waals surface area contributed by atoms with Crippen molar-refractivity contribution in [2.75, 3.05) is 13.1 Å². The second-order valence-electron chi connectivity index (χ2n) is 6.36. The van der Waals surface area contributed by atoms with Crippen molar-refractivity contribution in [1.82, 2.24) is 9.88 Å². The maximum atomic E-state index is 12.4. The number of aromatic nitrogens is 1. The lowest BCUT2D eigenvalue weighted by Crippen LogP contribution is -2.40. The Bertz CT molecular complexity index is 692. The molecule has 0 aliphatic carbocycles. The van der Waals surface area contributed by atoms with E-state index in [9.17, 15) is 9.59 Å². The number of carboxylic acid groups (broad SMARTS) is 1. The van der Waals surface area contributed by atoms with Gasteiger partial charge in [0.1, 0.15) is 5.52 Å². The van der Waals surface area contributed by atoms with Crippen LogP contribution >= 0.6 is 0 Å². The number of fused-ring (bicyclic) bond motifs is 1. The average Bonchev–Trinajstić information content (AvgIpc) is 3.01. The molecule has 1 N–H and O–H groups in total. The van der Waals surface area contributed by atoms with Crippen molar-refractivity contribution in [3.8, 4) is 0 Å². The van der Waals surface area contributed by atoms with Crippen LogP contribution in [-0.4, -0.2) is 40.0 Å². The van der Waals surface area contributed by atoms with Gasteiger partial charge in [0, 0.05) is 32.4 Å². The Morgan fingerprint density at radius 2 is 2.12 bits per heavy atom. The van der Waals surface area contributed by atoms with E-state index in [2.05, 4.69) is 4.98 Å². The third-order valence-electron chi connectivity index (χ3n) is 4.53. The van der Waals surface area contributed by atoms with Crippen molar-refractivity contribution in [2.45, 2.75) is 38.5 Å². The summed E-state index contributed by atoms with van der Waals surface area (Å²) in [6.45, 7) is 1.43. The molecule has 2 aromatic rings. The van der Waals surface area contributed by atoms with Crippen molar-refractivity contribution in [2.24, 2.45) is 5.92 Å². The molecule has 1 aromatic heterocycles. The van der Waals surface area contributed by atoms with Gasteiger partial charge in [-0.15, -0.1) is 0 Å². The molecule has 128 valence electrons. The normalized spacial score (nSPS) is 18.0. The molecular formula is C18H22N2O4. The third-order valence-corrected chi connectivity index (χ3v) is 4.53. The molecule has 0 saturated carbocycles. The number of piperidine rings is 1. The first-order valence-corrected chi connectivity index (χ1v) is 8.46. The van der Waals surface area contributed by atoms with E-state index in [0.717, 1.165) is 30.5 Å². The van der Waals surface area contributed by atoms with E-state index in [1.54, 1.807) is 0 Å². The fourth-order valence-electron chi connectivity index (χ4n) is 3.25. The Hall–Kier alpha value is -2.37. The van der Waals surface area contributed by atoms with Crippen LogP contribution < -0.4 is 0 Å². The Kier molecular flexibility index (Phi) is 5.13. The zero-order chi connectivity index (χ0) is 16.9. The number of carbonyl (C=O) groups excluding carboxylic acids is 1. The molecule has 1 aromatic carbocycles. The maximum absolute atomic E-state index is 12.4. The van der Waals surface area contributed by atoms with Gasteiger partial charge in [-0.1, -0.05) is 12.1 Å². The average molecular weight is 330 g/mol. The highest BCUT2D eigenvalue weighted by atomic mass is 16.4. The molecule has 1 unspecified atom stereocenters. The van der Waals surface area contributed by atoms with E-state index in [4.69, 9.17) is 9.52 Å². The summed E-state index contributed by atoms with van der Waals surface area (Å²) in [6.07, 6.45) is 3.63. The first-order chi connectivity index (χ1) is 11.6. The standard InChI is InChI=1S/C18H22N2O4/c21-17(20-11-3-4-13(12-20)7-10-18(22)23)9-8-16-19-14-5-1-2-6-15(14)24-16/h1-2,5-6,13H,3-4,7-12H2,(H,22,23). The topological polar surface area (TPSA) is 83.6 Å². The molecule has 6 heteroatoms. The van der Waals surface area contributed by atoms with E-state index in [0.29, 0.717) is 37.6 Å². The minimum atomic E-state index is -0.769. The lowest BCUT2D eigenvalue weighted by Gasteiger charge is -2.32. The molecule has 2 heterocycles. The highest BCUT2D eigenvalue weighted by Gasteiger charge is 2.24. The Morgan fingerprint density at radius 3 is 2.92 bits per heavy atom. The van der Waals surface area contributed by atoms with Gasteiger partial charge in [0.2, 0.25) is 5.91 Å². The van der Waals surface area contributed by atoms with Crippen LogP contribution in [-0.2, 0) is 16.0 Å². The largest absolute Gasteiger partial charge is 0.481 e. The van der Waals surface area contributed by atoms with Crippen LogP contribution in [0.1, 0.15) is 38.0 Å². The number of carboxylic acids is 1. The summed E-state index contributed by atoms with van der Waals surface area (Å²) in [5, 5.41) is 8.79. The van der Waals surface area contributed by atoms with Crippen molar-refractivity contribution in [3.63, 3.8) is 0 Å². The molecule has 24 heavy (non-hydrogen) atoms. The monoisotopic (exact) mass is 330 g/mol. The Morgan fingerprint density at radius 1 is 1.29 bits per heavy atom. The summed E-state index contributed by atoms with van der Waals surface area (Å²) >= 11 is 0. The summed E-state index contributed by atoms with van der Waals surface area (Å²) in [5.74, 6) is 0.207. The molecule has 3 rings (SSSR count). The number of aliphatic carboxylic acids is 1. The number of rotatable bonds is 6. The smallest absolute Gasteiger partial charge is 0.303 e. The van der Waals surface area contributed by atoms with Gasteiger partial charge in [-0.3, -0.25) is 9.59 Å². The number of para-hydroxylation sites is 2. The minimum Gasteiger partial charge on any atom is -0.481 e. The number of carbonyl (C=O) groups is 2. The minimum absolute atomic E-state index is 0.0947. The molecule has 1 saturated heterocycles. The fourth-order valence-corrected chi connectivity index (χ4v) is 3.25. The molecule has 1 aliphatic heterocycles. The van der Waals surface area contributed by atoms with Gasteiger partial charge in [0.25, 0.3) is 0 Å². The van der Waals surface area contributed by atoms with Crippen molar-refractivity contribution in [1.29, 1.82) is 0 Å². The van der Waals surface area contributed by atoms with Crippen molar-refractivity contribution < 1.29 is 19.1 Å². The zero-order valence-electron chi connectivity index (χ0n) is 13.6. The summed E-state index contributed by atoms with van der Waals surface area (Å²) in [7, 11) is 0. The third kappa shape index (κ3) is 4.13. The molecule has 6 nitrogen and oxygen atoms in total. The SMILES string of the molecule is O=C(O)CCC1CCCN(C(=O)CCc2nc3ccccc3o2)C1. The first kappa shape index (κ1) is 16.5. The maximum Gasteiger partial charge on any atom is 0.303 e. The summed E-state index contributed by atoms with van der Waals surface area (Å²) < 4.78 is 5.64. The molecule has 1 fully saturated rings. The van der Waals surface area contributed by atoms with Crippen LogP contribution in [0.3, 0.4) is 0 Å². The van der Waals surface area contributed by atoms with E-state index < -0.39 is 5.97 Å². The quantitative estimate of drug-likeness (QED) is 0.880. The molecule has 0 bridgehead atoms. The fraction of sp³-hybridized carbons (Fsp3) is 0.500. The van der Waals surface area contributed by atoms with Gasteiger partial charge in [-0.25, -0.2) is 4.98 Å². The van der Waals surface area contributed by atoms with Gasteiger partial charge in [-0.05, 0) is 37.3 Å². The molecular weight excluding hydrogens is 308 g/mol. The molecule has 1 aliphatic rings. The number of nitrogens with zero attached hydrogens (tertiary/aromatic N) is 2. The van der Waals surface area contributed by atoms with Gasteiger partial charge in [-0.2, -0.15) is 0 Å². The number of likely N-dealkylation sites (tertiary alicyclic amines) is 1. The van der Waals surface area contributed by atoms with E-state index in [1.807, 2.05) is 29.2 Å². The van der Waals surface area contributed by atoms with Crippen molar-refractivity contribution in [3.05, 3.63) is 30.2 Å². The van der Waals surface area contributed by atoms with Crippen LogP contribution in [0.2, 0.25) is 0 Å². The first-order valence-electron chi connectivity index (χ1n) is 8.46. The summed E-state index contributed by atoms with van der Waals surface area (Å²) in [5.41, 5.74) is 1.55. The molecule has 0 spiro atoms. The number of aryl methyl sites for hydroxylation is 1. The van der Waals surface area contributed by atoms with E-state index in [-0.39, 0.29) is 12.3 Å². The lowest BCUT2D eigenvalue weighted by molar-refractivity contribution is -0.137. The summed E-state index contributed by atoms with van der Waals surface area (Å²) in [6, 6.07) is 7.56. The molecule has 1 atom stereocenters. The predicted octanol–water partition coefficient (Wildman–Crippen LogP) is 2.86. The second-order valence-corrected chi connectivity index (χ2v) is 6.36. The number of hydrogen-bond donors (Lipinski definition) is 1. The predicted molar refractivity (Wildman–Crippen MR) is 88.5 cm³/mol.